The fourth-order valence-corrected chi connectivity index (χ4v) is 2.88. The number of benzene rings is 1. The summed E-state index contributed by atoms with van der Waals surface area (Å²) in [5.74, 6) is 0.225. The van der Waals surface area contributed by atoms with Gasteiger partial charge in [-0.3, -0.25) is 0 Å². The van der Waals surface area contributed by atoms with Gasteiger partial charge in [0.15, 0.2) is 0 Å². The first-order chi connectivity index (χ1) is 9.54. The van der Waals surface area contributed by atoms with Gasteiger partial charge < -0.3 is 15.8 Å². The van der Waals surface area contributed by atoms with Crippen LogP contribution in [0.2, 0.25) is 0 Å². The monoisotopic (exact) mass is 348 g/mol. The van der Waals surface area contributed by atoms with Crippen molar-refractivity contribution in [1.29, 1.82) is 0 Å². The molecule has 0 saturated heterocycles. The summed E-state index contributed by atoms with van der Waals surface area (Å²) in [5.41, 5.74) is 6.60. The Morgan fingerprint density at radius 3 is 2.65 bits per heavy atom. The van der Waals surface area contributed by atoms with Gasteiger partial charge in [0.25, 0.3) is 0 Å². The summed E-state index contributed by atoms with van der Waals surface area (Å²) in [6, 6.07) is 5.76. The zero-order valence-corrected chi connectivity index (χ0v) is 12.7. The fourth-order valence-electron chi connectivity index (χ4n) is 2.47. The fraction of sp³-hybridized carbons (Fsp3) is 0.571. The molecule has 112 valence electrons. The zero-order chi connectivity index (χ0) is 14.5. The van der Waals surface area contributed by atoms with Crippen LogP contribution in [0.3, 0.4) is 0 Å². The van der Waals surface area contributed by atoms with Crippen LogP contribution in [0.25, 0.3) is 0 Å². The van der Waals surface area contributed by atoms with E-state index in [0.29, 0.717) is 18.6 Å². The molecular weight excluding hydrogens is 330 g/mol. The van der Waals surface area contributed by atoms with E-state index in [1.165, 1.54) is 0 Å². The van der Waals surface area contributed by atoms with Crippen LogP contribution in [0.15, 0.2) is 22.7 Å². The van der Waals surface area contributed by atoms with Crippen molar-refractivity contribution >= 4 is 15.9 Å². The number of hydrogen-bond donors (Lipinski definition) is 2. The summed E-state index contributed by atoms with van der Waals surface area (Å²) in [7, 11) is 0. The molecule has 0 aliphatic heterocycles. The lowest BCUT2D eigenvalue weighted by Crippen LogP contribution is -2.37. The molecule has 3 N–H and O–H groups in total. The molecule has 20 heavy (non-hydrogen) atoms. The van der Waals surface area contributed by atoms with Gasteiger partial charge in [0.2, 0.25) is 0 Å². The first-order valence-corrected chi connectivity index (χ1v) is 7.56. The highest BCUT2D eigenvalue weighted by atomic mass is 79.9. The van der Waals surface area contributed by atoms with Crippen molar-refractivity contribution in [3.8, 4) is 5.75 Å². The Hall–Kier alpha value is -0.720. The van der Waals surface area contributed by atoms with Gasteiger partial charge >= 0.3 is 6.61 Å². The summed E-state index contributed by atoms with van der Waals surface area (Å²) >= 11 is 3.35. The molecule has 1 saturated carbocycles. The van der Waals surface area contributed by atoms with Crippen molar-refractivity contribution in [2.24, 2.45) is 5.73 Å². The molecule has 0 atom stereocenters. The van der Waals surface area contributed by atoms with E-state index < -0.39 is 6.61 Å². The SMILES string of the molecule is NC1CCC(NCc2cc(Br)ccc2OC(F)F)CC1. The second-order valence-corrected chi connectivity index (χ2v) is 6.04. The van der Waals surface area contributed by atoms with E-state index in [1.54, 1.807) is 18.2 Å². The first-order valence-electron chi connectivity index (χ1n) is 6.77. The Labute approximate surface area is 126 Å². The Balaban J connectivity index is 1.95. The van der Waals surface area contributed by atoms with Gasteiger partial charge in [-0.1, -0.05) is 15.9 Å². The highest BCUT2D eigenvalue weighted by molar-refractivity contribution is 9.10. The Morgan fingerprint density at radius 2 is 2.00 bits per heavy atom. The third kappa shape index (κ3) is 4.68. The van der Waals surface area contributed by atoms with E-state index in [9.17, 15) is 8.78 Å². The molecule has 0 bridgehead atoms. The van der Waals surface area contributed by atoms with Crippen LogP contribution in [-0.2, 0) is 6.54 Å². The van der Waals surface area contributed by atoms with Crippen LogP contribution >= 0.6 is 15.9 Å². The predicted octanol–water partition coefficient (Wildman–Crippen LogP) is 3.41. The maximum atomic E-state index is 12.4. The van der Waals surface area contributed by atoms with Crippen LogP contribution in [0.1, 0.15) is 31.2 Å². The zero-order valence-electron chi connectivity index (χ0n) is 11.1. The highest BCUT2D eigenvalue weighted by Gasteiger charge is 2.18. The molecule has 1 aromatic carbocycles. The van der Waals surface area contributed by atoms with Crippen molar-refractivity contribution in [2.45, 2.75) is 50.9 Å². The van der Waals surface area contributed by atoms with Gasteiger partial charge in [-0.15, -0.1) is 0 Å². The second-order valence-electron chi connectivity index (χ2n) is 5.12. The predicted molar refractivity (Wildman–Crippen MR) is 77.8 cm³/mol. The molecule has 1 fully saturated rings. The molecule has 1 aliphatic rings. The average Bonchev–Trinajstić information content (AvgIpc) is 2.40. The average molecular weight is 349 g/mol. The molecular formula is C14H19BrF2N2O. The molecule has 0 heterocycles. The molecule has 0 radical (unpaired) electrons. The lowest BCUT2D eigenvalue weighted by molar-refractivity contribution is -0.0505. The van der Waals surface area contributed by atoms with Gasteiger partial charge in [0, 0.05) is 28.7 Å². The van der Waals surface area contributed by atoms with Gasteiger partial charge in [-0.05, 0) is 43.9 Å². The Morgan fingerprint density at radius 1 is 1.30 bits per heavy atom. The molecule has 0 aromatic heterocycles. The van der Waals surface area contributed by atoms with Crippen LogP contribution in [0.5, 0.6) is 5.75 Å². The topological polar surface area (TPSA) is 47.3 Å². The maximum Gasteiger partial charge on any atom is 0.387 e. The van der Waals surface area contributed by atoms with E-state index in [0.717, 1.165) is 35.7 Å². The summed E-state index contributed by atoms with van der Waals surface area (Å²) < 4.78 is 30.1. The van der Waals surface area contributed by atoms with Crippen molar-refractivity contribution in [3.05, 3.63) is 28.2 Å². The Bertz CT molecular complexity index is 437. The summed E-state index contributed by atoms with van der Waals surface area (Å²) in [5, 5.41) is 3.40. The minimum absolute atomic E-state index is 0.225. The molecule has 0 amide bonds. The van der Waals surface area contributed by atoms with E-state index in [2.05, 4.69) is 26.0 Å². The first kappa shape index (κ1) is 15.7. The molecule has 1 aromatic rings. The number of rotatable bonds is 5. The number of ether oxygens (including phenoxy) is 1. The molecule has 6 heteroatoms. The summed E-state index contributed by atoms with van der Waals surface area (Å²) in [6.45, 7) is -2.29. The van der Waals surface area contributed by atoms with Gasteiger partial charge in [-0.2, -0.15) is 8.78 Å². The number of halogens is 3. The van der Waals surface area contributed by atoms with E-state index in [4.69, 9.17) is 5.73 Å². The van der Waals surface area contributed by atoms with Crippen molar-refractivity contribution in [1.82, 2.24) is 5.32 Å². The normalized spacial score (nSPS) is 23.1. The number of alkyl halides is 2. The lowest BCUT2D eigenvalue weighted by Gasteiger charge is -2.27. The number of nitrogens with two attached hydrogens (primary N) is 1. The molecule has 0 spiro atoms. The highest BCUT2D eigenvalue weighted by Crippen LogP contribution is 2.25. The minimum Gasteiger partial charge on any atom is -0.434 e. The molecule has 2 rings (SSSR count). The lowest BCUT2D eigenvalue weighted by atomic mass is 9.92. The third-order valence-corrected chi connectivity index (χ3v) is 4.08. The van der Waals surface area contributed by atoms with Crippen LogP contribution in [-0.4, -0.2) is 18.7 Å². The smallest absolute Gasteiger partial charge is 0.387 e. The van der Waals surface area contributed by atoms with E-state index in [-0.39, 0.29) is 5.75 Å². The van der Waals surface area contributed by atoms with Crippen LogP contribution in [0, 0.1) is 0 Å². The largest absolute Gasteiger partial charge is 0.434 e. The van der Waals surface area contributed by atoms with Crippen LogP contribution < -0.4 is 15.8 Å². The van der Waals surface area contributed by atoms with Gasteiger partial charge in [0.1, 0.15) is 5.75 Å². The molecule has 0 unspecified atom stereocenters. The van der Waals surface area contributed by atoms with Crippen molar-refractivity contribution < 1.29 is 13.5 Å². The van der Waals surface area contributed by atoms with E-state index in [1.807, 2.05) is 0 Å². The standard InChI is InChI=1S/C14H19BrF2N2O/c15-10-1-6-13(20-14(16)17)9(7-10)8-19-12-4-2-11(18)3-5-12/h1,6-7,11-12,14,19H,2-5,8,18H2. The van der Waals surface area contributed by atoms with E-state index >= 15 is 0 Å². The van der Waals surface area contributed by atoms with Gasteiger partial charge in [-0.25, -0.2) is 0 Å². The van der Waals surface area contributed by atoms with Crippen LogP contribution in [0.4, 0.5) is 8.78 Å². The quantitative estimate of drug-likeness (QED) is 0.857. The Kier molecular flexibility index (Phi) is 5.74. The third-order valence-electron chi connectivity index (χ3n) is 3.59. The van der Waals surface area contributed by atoms with Gasteiger partial charge in [0.05, 0.1) is 0 Å². The number of hydrogen-bond acceptors (Lipinski definition) is 3. The molecule has 1 aliphatic carbocycles. The summed E-state index contributed by atoms with van der Waals surface area (Å²) in [6.07, 6.45) is 4.08. The maximum absolute atomic E-state index is 12.4. The molecule has 3 nitrogen and oxygen atoms in total. The van der Waals surface area contributed by atoms with Crippen molar-refractivity contribution in [2.75, 3.05) is 0 Å². The minimum atomic E-state index is -2.80. The summed E-state index contributed by atoms with van der Waals surface area (Å²) in [4.78, 5) is 0. The second kappa shape index (κ2) is 7.33. The van der Waals surface area contributed by atoms with Crippen molar-refractivity contribution in [3.63, 3.8) is 0 Å². The number of nitrogens with one attached hydrogen (secondary N) is 1.